The predicted octanol–water partition coefficient (Wildman–Crippen LogP) is 5.82. The van der Waals surface area contributed by atoms with Gasteiger partial charge < -0.3 is 5.32 Å². The molecule has 1 N–H and O–H groups in total. The van der Waals surface area contributed by atoms with Crippen LogP contribution in [-0.4, -0.2) is 33.0 Å². The van der Waals surface area contributed by atoms with E-state index in [1.807, 2.05) is 66.4 Å². The fourth-order valence-corrected chi connectivity index (χ4v) is 5.15. The average Bonchev–Trinajstić information content (AvgIpc) is 3.21. The Bertz CT molecular complexity index is 1310. The highest BCUT2D eigenvalue weighted by Crippen LogP contribution is 2.40. The Morgan fingerprint density at radius 2 is 1.74 bits per heavy atom. The molecule has 34 heavy (non-hydrogen) atoms. The van der Waals surface area contributed by atoms with Crippen LogP contribution in [-0.2, 0) is 9.59 Å². The highest BCUT2D eigenvalue weighted by atomic mass is 35.5. The zero-order valence-corrected chi connectivity index (χ0v) is 19.9. The molecule has 2 aliphatic heterocycles. The highest BCUT2D eigenvalue weighted by Gasteiger charge is 2.43. The Labute approximate surface area is 206 Å². The summed E-state index contributed by atoms with van der Waals surface area (Å²) >= 11 is 7.30. The van der Waals surface area contributed by atoms with Crippen LogP contribution in [0, 0.1) is 0 Å². The fraction of sp³-hybridized carbons (Fsp3) is 0.154. The number of amidine groups is 2. The number of nitrogens with one attached hydrogen (secondary N) is 1. The van der Waals surface area contributed by atoms with Crippen LogP contribution in [0.5, 0.6) is 0 Å². The van der Waals surface area contributed by atoms with Crippen molar-refractivity contribution in [3.8, 4) is 0 Å². The summed E-state index contributed by atoms with van der Waals surface area (Å²) in [6, 6.07) is 23.5. The first-order chi connectivity index (χ1) is 16.5. The van der Waals surface area contributed by atoms with Gasteiger partial charge in [0, 0.05) is 16.3 Å². The lowest BCUT2D eigenvalue weighted by atomic mass is 10.0. The normalized spacial score (nSPS) is 17.4. The number of carbonyl (C=O) groups excluding carboxylic acids is 2. The summed E-state index contributed by atoms with van der Waals surface area (Å²) in [6.45, 7) is 1.95. The molecule has 8 heteroatoms. The quantitative estimate of drug-likeness (QED) is 0.491. The van der Waals surface area contributed by atoms with Gasteiger partial charge in [-0.25, -0.2) is 4.99 Å². The van der Waals surface area contributed by atoms with Gasteiger partial charge in [-0.05, 0) is 48.4 Å². The van der Waals surface area contributed by atoms with Gasteiger partial charge in [-0.3, -0.25) is 14.5 Å². The fourth-order valence-electron chi connectivity index (χ4n) is 3.98. The molecule has 2 atom stereocenters. The number of anilines is 1. The van der Waals surface area contributed by atoms with Crippen LogP contribution in [0.3, 0.4) is 0 Å². The van der Waals surface area contributed by atoms with E-state index < -0.39 is 11.3 Å². The second-order valence-electron chi connectivity index (χ2n) is 7.88. The Hall–Kier alpha value is -3.42. The molecule has 0 fully saturated rings. The van der Waals surface area contributed by atoms with Crippen LogP contribution in [0.4, 0.5) is 11.4 Å². The van der Waals surface area contributed by atoms with Crippen molar-refractivity contribution in [3.63, 3.8) is 0 Å². The van der Waals surface area contributed by atoms with Crippen molar-refractivity contribution in [1.82, 2.24) is 4.90 Å². The van der Waals surface area contributed by atoms with Crippen molar-refractivity contribution < 1.29 is 9.59 Å². The van der Waals surface area contributed by atoms with Crippen LogP contribution >= 0.6 is 23.4 Å². The van der Waals surface area contributed by atoms with Gasteiger partial charge in [-0.15, -0.1) is 0 Å². The molecule has 2 amide bonds. The number of fused-ring (bicyclic) bond motifs is 3. The molecular formula is C26H21ClN4O2S. The SMILES string of the molecule is CCC(SC1=Nc2ccccc2C2=NC(=O)C(c3ccccc3)N12)C(=O)Nc1ccc(Cl)cc1. The Balaban J connectivity index is 1.48. The van der Waals surface area contributed by atoms with Crippen LogP contribution < -0.4 is 5.32 Å². The van der Waals surface area contributed by atoms with Crippen molar-refractivity contribution >= 4 is 57.6 Å². The second-order valence-corrected chi connectivity index (χ2v) is 9.49. The molecule has 3 aromatic carbocycles. The van der Waals surface area contributed by atoms with Crippen molar-refractivity contribution in [2.45, 2.75) is 24.6 Å². The van der Waals surface area contributed by atoms with Gasteiger partial charge in [0.1, 0.15) is 11.9 Å². The minimum atomic E-state index is -0.618. The minimum Gasteiger partial charge on any atom is -0.325 e. The summed E-state index contributed by atoms with van der Waals surface area (Å²) in [5.41, 5.74) is 3.04. The number of amides is 2. The van der Waals surface area contributed by atoms with Gasteiger partial charge in [0.25, 0.3) is 5.91 Å². The van der Waals surface area contributed by atoms with E-state index in [0.29, 0.717) is 28.1 Å². The third-order valence-corrected chi connectivity index (χ3v) is 7.22. The largest absolute Gasteiger partial charge is 0.325 e. The maximum Gasteiger partial charge on any atom is 0.275 e. The summed E-state index contributed by atoms with van der Waals surface area (Å²) in [6.07, 6.45) is 0.578. The third kappa shape index (κ3) is 4.24. The van der Waals surface area contributed by atoms with Crippen molar-refractivity contribution in [2.75, 3.05) is 5.32 Å². The molecule has 0 aromatic heterocycles. The van der Waals surface area contributed by atoms with E-state index in [-0.39, 0.29) is 11.8 Å². The van der Waals surface area contributed by atoms with Gasteiger partial charge >= 0.3 is 0 Å². The van der Waals surface area contributed by atoms with Crippen LogP contribution in [0.2, 0.25) is 5.02 Å². The molecule has 0 spiro atoms. The molecule has 0 bridgehead atoms. The standard InChI is InChI=1S/C26H21ClN4O2S/c1-2-21(24(32)28-18-14-12-17(27)13-15-18)34-26-29-20-11-7-6-10-19(20)23-30-25(33)22(31(23)26)16-8-4-3-5-9-16/h3-15,21-22H,2H2,1H3,(H,28,32). The Morgan fingerprint density at radius 1 is 1.03 bits per heavy atom. The van der Waals surface area contributed by atoms with E-state index in [1.54, 1.807) is 24.3 Å². The van der Waals surface area contributed by atoms with Gasteiger partial charge in [0.2, 0.25) is 5.91 Å². The molecule has 170 valence electrons. The molecule has 0 saturated heterocycles. The molecular weight excluding hydrogens is 468 g/mol. The first-order valence-corrected chi connectivity index (χ1v) is 12.2. The van der Waals surface area contributed by atoms with E-state index in [9.17, 15) is 9.59 Å². The molecule has 0 aliphatic carbocycles. The number of para-hydroxylation sites is 1. The van der Waals surface area contributed by atoms with Crippen molar-refractivity contribution in [3.05, 3.63) is 95.0 Å². The van der Waals surface area contributed by atoms with E-state index >= 15 is 0 Å². The molecule has 0 saturated carbocycles. The minimum absolute atomic E-state index is 0.142. The van der Waals surface area contributed by atoms with Gasteiger partial charge in [-0.2, -0.15) is 4.99 Å². The summed E-state index contributed by atoms with van der Waals surface area (Å²) < 4.78 is 0. The van der Waals surface area contributed by atoms with E-state index in [1.165, 1.54) is 11.8 Å². The zero-order chi connectivity index (χ0) is 23.7. The topological polar surface area (TPSA) is 74.1 Å². The number of rotatable bonds is 5. The number of carbonyl (C=O) groups is 2. The van der Waals surface area contributed by atoms with Crippen LogP contribution in [0.15, 0.2) is 88.8 Å². The summed E-state index contributed by atoms with van der Waals surface area (Å²) in [5, 5.41) is 3.71. The average molecular weight is 489 g/mol. The van der Waals surface area contributed by atoms with Crippen molar-refractivity contribution in [2.24, 2.45) is 9.98 Å². The molecule has 2 aliphatic rings. The van der Waals surface area contributed by atoms with E-state index in [4.69, 9.17) is 16.6 Å². The highest BCUT2D eigenvalue weighted by molar-refractivity contribution is 8.15. The maximum absolute atomic E-state index is 13.1. The van der Waals surface area contributed by atoms with Crippen LogP contribution in [0.25, 0.3) is 0 Å². The maximum atomic E-state index is 13.1. The predicted molar refractivity (Wildman–Crippen MR) is 138 cm³/mol. The third-order valence-electron chi connectivity index (χ3n) is 5.64. The number of thioether (sulfide) groups is 1. The molecule has 3 aromatic rings. The first kappa shape index (κ1) is 22.4. The van der Waals surface area contributed by atoms with Gasteiger partial charge in [0.15, 0.2) is 5.17 Å². The monoisotopic (exact) mass is 488 g/mol. The number of aliphatic imine (C=N–C) groups is 2. The molecule has 6 nitrogen and oxygen atoms in total. The van der Waals surface area contributed by atoms with Gasteiger partial charge in [-0.1, -0.05) is 72.8 Å². The van der Waals surface area contributed by atoms with Crippen LogP contribution in [0.1, 0.15) is 30.5 Å². The number of benzene rings is 3. The van der Waals surface area contributed by atoms with Crippen molar-refractivity contribution in [1.29, 1.82) is 0 Å². The van der Waals surface area contributed by atoms with E-state index in [0.717, 1.165) is 16.8 Å². The summed E-state index contributed by atoms with van der Waals surface area (Å²) in [4.78, 5) is 37.3. The lowest BCUT2D eigenvalue weighted by Crippen LogP contribution is -2.40. The lowest BCUT2D eigenvalue weighted by Gasteiger charge is -2.32. The second kappa shape index (κ2) is 9.44. The number of halogens is 1. The summed E-state index contributed by atoms with van der Waals surface area (Å²) in [5.74, 6) is 0.182. The number of hydrogen-bond donors (Lipinski definition) is 1. The molecule has 5 rings (SSSR count). The molecule has 0 radical (unpaired) electrons. The summed E-state index contributed by atoms with van der Waals surface area (Å²) in [7, 11) is 0. The molecule has 2 heterocycles. The number of hydrogen-bond acceptors (Lipinski definition) is 5. The Kier molecular flexibility index (Phi) is 6.22. The van der Waals surface area contributed by atoms with E-state index in [2.05, 4.69) is 10.3 Å². The van der Waals surface area contributed by atoms with Gasteiger partial charge in [0.05, 0.1) is 10.9 Å². The number of nitrogens with zero attached hydrogens (tertiary/aromatic N) is 3. The Morgan fingerprint density at radius 3 is 2.47 bits per heavy atom. The lowest BCUT2D eigenvalue weighted by molar-refractivity contribution is -0.119. The molecule has 2 unspecified atom stereocenters. The smallest absolute Gasteiger partial charge is 0.275 e. The zero-order valence-electron chi connectivity index (χ0n) is 18.3. The first-order valence-electron chi connectivity index (χ1n) is 10.9.